The lowest BCUT2D eigenvalue weighted by atomic mass is 9.81. The van der Waals surface area contributed by atoms with Gasteiger partial charge in [-0.05, 0) is 56.0 Å². The summed E-state index contributed by atoms with van der Waals surface area (Å²) in [6.45, 7) is 8.63. The van der Waals surface area contributed by atoms with E-state index >= 15 is 0 Å². The molecule has 9 nitrogen and oxygen atoms in total. The normalized spacial score (nSPS) is 25.5. The highest BCUT2D eigenvalue weighted by Gasteiger charge is 2.56. The lowest BCUT2D eigenvalue weighted by Crippen LogP contribution is -2.54. The number of ether oxygens (including phenoxy) is 1. The predicted octanol–water partition coefficient (Wildman–Crippen LogP) is 3.82. The number of methoxy groups -OCH3 is 1. The molecule has 0 bridgehead atoms. The second-order valence-electron chi connectivity index (χ2n) is 11.3. The second kappa shape index (κ2) is 9.57. The number of likely N-dealkylation sites (tertiary alicyclic amines) is 1. The number of aromatic nitrogens is 1. The van der Waals surface area contributed by atoms with Crippen LogP contribution in [0, 0.1) is 17.2 Å². The Morgan fingerprint density at radius 1 is 1.25 bits per heavy atom. The highest BCUT2D eigenvalue weighted by atomic mass is 16.5. The fraction of sp³-hybridized carbons (Fsp3) is 0.452. The molecule has 2 amide bonds. The van der Waals surface area contributed by atoms with Crippen molar-refractivity contribution in [3.8, 4) is 0 Å². The van der Waals surface area contributed by atoms with Crippen molar-refractivity contribution < 1.29 is 9.53 Å². The molecule has 1 unspecified atom stereocenters. The number of amidine groups is 1. The Balaban J connectivity index is 1.32. The van der Waals surface area contributed by atoms with Crippen LogP contribution in [0.3, 0.4) is 0 Å². The first kappa shape index (κ1) is 26.2. The molecule has 210 valence electrons. The Kier molecular flexibility index (Phi) is 6.27. The molecule has 2 aliphatic carbocycles. The maximum Gasteiger partial charge on any atom is 0.325 e. The van der Waals surface area contributed by atoms with Crippen molar-refractivity contribution in [1.29, 1.82) is 5.41 Å². The summed E-state index contributed by atoms with van der Waals surface area (Å²) in [7, 11) is 3.70. The van der Waals surface area contributed by atoms with Crippen LogP contribution in [-0.4, -0.2) is 77.4 Å². The molecule has 4 heterocycles. The zero-order chi connectivity index (χ0) is 28.3. The van der Waals surface area contributed by atoms with Crippen LogP contribution >= 0.6 is 0 Å². The van der Waals surface area contributed by atoms with E-state index in [9.17, 15) is 4.79 Å². The SMILES string of the molecule is CCN1C(=O)N2CC3=C(C(NC)=CC4C(OC)=C34)[C@@H](C)C=C2C12CCN(C(=N)C(=C(C)N)c1ccccn1)CC2. The number of fused-ring (bicyclic) bond motifs is 4. The maximum atomic E-state index is 14.0. The van der Waals surface area contributed by atoms with Crippen molar-refractivity contribution in [1.82, 2.24) is 25.0 Å². The van der Waals surface area contributed by atoms with Gasteiger partial charge in [0.2, 0.25) is 0 Å². The molecule has 6 rings (SSSR count). The van der Waals surface area contributed by atoms with Crippen molar-refractivity contribution in [3.05, 3.63) is 81.8 Å². The van der Waals surface area contributed by atoms with Crippen LogP contribution < -0.4 is 11.1 Å². The van der Waals surface area contributed by atoms with Gasteiger partial charge >= 0.3 is 6.03 Å². The highest BCUT2D eigenvalue weighted by molar-refractivity contribution is 6.21. The summed E-state index contributed by atoms with van der Waals surface area (Å²) in [5, 5.41) is 12.5. The first-order valence-corrected chi connectivity index (χ1v) is 14.2. The van der Waals surface area contributed by atoms with Gasteiger partial charge in [-0.25, -0.2) is 4.79 Å². The van der Waals surface area contributed by atoms with Crippen LogP contribution in [0.2, 0.25) is 0 Å². The molecular weight excluding hydrogens is 502 g/mol. The molecular formula is C31H39N7O2. The fourth-order valence-electron chi connectivity index (χ4n) is 7.36. The number of rotatable bonds is 5. The Hall–Kier alpha value is -4.01. The third-order valence-corrected chi connectivity index (χ3v) is 9.24. The molecule has 9 heteroatoms. The van der Waals surface area contributed by atoms with Gasteiger partial charge in [0.05, 0.1) is 36.4 Å². The number of carbonyl (C=O) groups excluding carboxylic acids is 1. The highest BCUT2D eigenvalue weighted by Crippen LogP contribution is 2.55. The van der Waals surface area contributed by atoms with E-state index in [2.05, 4.69) is 46.1 Å². The largest absolute Gasteiger partial charge is 0.500 e. The van der Waals surface area contributed by atoms with Crippen molar-refractivity contribution in [2.75, 3.05) is 40.3 Å². The third-order valence-electron chi connectivity index (χ3n) is 9.24. The van der Waals surface area contributed by atoms with Gasteiger partial charge in [-0.15, -0.1) is 0 Å². The number of amides is 2. The Bertz CT molecular complexity index is 1420. The lowest BCUT2D eigenvalue weighted by Gasteiger charge is -2.45. The van der Waals surface area contributed by atoms with E-state index < -0.39 is 5.54 Å². The number of piperidine rings is 1. The topological polar surface area (TPSA) is 111 Å². The number of nitrogens with zero attached hydrogens (tertiary/aromatic N) is 4. The van der Waals surface area contributed by atoms with Gasteiger partial charge in [0, 0.05) is 61.5 Å². The Morgan fingerprint density at radius 2 is 2.00 bits per heavy atom. The van der Waals surface area contributed by atoms with Gasteiger partial charge in [-0.2, -0.15) is 0 Å². The van der Waals surface area contributed by atoms with Gasteiger partial charge in [0.25, 0.3) is 0 Å². The average molecular weight is 542 g/mol. The molecule has 1 aromatic rings. The molecule has 2 saturated heterocycles. The number of hydrogen-bond donors (Lipinski definition) is 3. The summed E-state index contributed by atoms with van der Waals surface area (Å²) in [6, 6.07) is 5.75. The van der Waals surface area contributed by atoms with Gasteiger partial charge in [0.1, 0.15) is 11.6 Å². The van der Waals surface area contributed by atoms with Crippen LogP contribution in [0.4, 0.5) is 4.79 Å². The summed E-state index contributed by atoms with van der Waals surface area (Å²) in [5.74, 6) is 1.74. The minimum Gasteiger partial charge on any atom is -0.500 e. The zero-order valence-electron chi connectivity index (χ0n) is 24.0. The minimum atomic E-state index is -0.400. The monoisotopic (exact) mass is 541 g/mol. The molecule has 1 spiro atoms. The quantitative estimate of drug-likeness (QED) is 0.386. The molecule has 5 aliphatic rings. The molecule has 0 saturated carbocycles. The number of carbonyl (C=O) groups is 1. The molecule has 3 aliphatic heterocycles. The summed E-state index contributed by atoms with van der Waals surface area (Å²) in [6.07, 6.45) is 7.80. The van der Waals surface area contributed by atoms with Crippen molar-refractivity contribution in [3.63, 3.8) is 0 Å². The van der Waals surface area contributed by atoms with E-state index in [1.807, 2.05) is 37.1 Å². The van der Waals surface area contributed by atoms with Gasteiger partial charge < -0.3 is 25.6 Å². The summed E-state index contributed by atoms with van der Waals surface area (Å²) in [5.41, 5.74) is 13.8. The number of urea groups is 1. The number of likely N-dealkylation sites (N-methyl/N-ethyl adjacent to an activating group) is 2. The van der Waals surface area contributed by atoms with Gasteiger partial charge in [-0.1, -0.05) is 19.1 Å². The Labute approximate surface area is 236 Å². The second-order valence-corrected chi connectivity index (χ2v) is 11.3. The van der Waals surface area contributed by atoms with Crippen LogP contribution in [-0.2, 0) is 4.74 Å². The van der Waals surface area contributed by atoms with Crippen LogP contribution in [0.15, 0.2) is 76.1 Å². The van der Waals surface area contributed by atoms with Crippen LogP contribution in [0.25, 0.3) is 5.57 Å². The summed E-state index contributed by atoms with van der Waals surface area (Å²) < 4.78 is 5.72. The maximum absolute atomic E-state index is 14.0. The number of allylic oxidation sites excluding steroid dienone is 4. The minimum absolute atomic E-state index is 0.0717. The zero-order valence-corrected chi connectivity index (χ0v) is 24.0. The van der Waals surface area contributed by atoms with E-state index in [-0.39, 0.29) is 17.9 Å². The van der Waals surface area contributed by atoms with E-state index in [4.69, 9.17) is 15.9 Å². The van der Waals surface area contributed by atoms with Crippen LogP contribution in [0.5, 0.6) is 0 Å². The van der Waals surface area contributed by atoms with Gasteiger partial charge in [-0.3, -0.25) is 15.3 Å². The summed E-state index contributed by atoms with van der Waals surface area (Å²) >= 11 is 0. The van der Waals surface area contributed by atoms with E-state index in [0.717, 1.165) is 30.0 Å². The molecule has 1 aromatic heterocycles. The predicted molar refractivity (Wildman–Crippen MR) is 156 cm³/mol. The van der Waals surface area contributed by atoms with Crippen molar-refractivity contribution in [2.45, 2.75) is 39.2 Å². The van der Waals surface area contributed by atoms with E-state index in [1.165, 1.54) is 16.7 Å². The number of hydrogen-bond acceptors (Lipinski definition) is 6. The molecule has 0 aromatic carbocycles. The standard InChI is InChI=1S/C31H39N7O2/c1-6-38-30(39)37-17-21-25(23(34-4)16-20-27(21)28(20)40-5)18(2)15-24(37)31(38)10-13-36(14-11-31)29(33)26(19(3)32)22-9-7-8-12-35-22/h7-9,12,15-16,18,20,33-34H,6,10-11,13-14,17,32H2,1-5H3/t18-,20?/m0/s1. The third kappa shape index (κ3) is 3.70. The van der Waals surface area contributed by atoms with E-state index in [1.54, 1.807) is 13.3 Å². The van der Waals surface area contributed by atoms with Crippen molar-refractivity contribution >= 4 is 17.4 Å². The summed E-state index contributed by atoms with van der Waals surface area (Å²) in [4.78, 5) is 24.7. The van der Waals surface area contributed by atoms with Crippen molar-refractivity contribution in [2.24, 2.45) is 17.6 Å². The lowest BCUT2D eigenvalue weighted by molar-refractivity contribution is 0.118. The molecule has 40 heavy (non-hydrogen) atoms. The molecule has 2 atom stereocenters. The van der Waals surface area contributed by atoms with Gasteiger partial charge in [0.15, 0.2) is 0 Å². The smallest absolute Gasteiger partial charge is 0.325 e. The molecule has 2 fully saturated rings. The molecule has 0 radical (unpaired) electrons. The van der Waals surface area contributed by atoms with E-state index in [0.29, 0.717) is 49.0 Å². The number of nitrogens with two attached hydrogens (primary N) is 1. The first-order chi connectivity index (χ1) is 19.3. The number of nitrogens with one attached hydrogen (secondary N) is 2. The Morgan fingerprint density at radius 3 is 2.60 bits per heavy atom. The first-order valence-electron chi connectivity index (χ1n) is 14.2. The molecule has 4 N–H and O–H groups in total. The fourth-order valence-corrected chi connectivity index (χ4v) is 7.36. The number of pyridine rings is 1. The van der Waals surface area contributed by atoms with Crippen LogP contribution in [0.1, 0.15) is 39.3 Å². The average Bonchev–Trinajstić information content (AvgIpc) is 3.66.